The van der Waals surface area contributed by atoms with Gasteiger partial charge in [0.2, 0.25) is 0 Å². The Morgan fingerprint density at radius 3 is 2.81 bits per heavy atom. The van der Waals surface area contributed by atoms with E-state index < -0.39 is 17.4 Å². The summed E-state index contributed by atoms with van der Waals surface area (Å²) < 4.78 is 0. The molecule has 2 rings (SSSR count). The highest BCUT2D eigenvalue weighted by atomic mass is 16.4. The number of nitrogens with one attached hydrogen (secondary N) is 1. The third-order valence-electron chi connectivity index (χ3n) is 4.27. The number of carbonyl (C=O) groups excluding carboxylic acids is 1. The molecule has 2 atom stereocenters. The normalized spacial score (nSPS) is 24.9. The van der Waals surface area contributed by atoms with Crippen LogP contribution in [0.2, 0.25) is 0 Å². The molecule has 21 heavy (non-hydrogen) atoms. The zero-order valence-electron chi connectivity index (χ0n) is 11.9. The van der Waals surface area contributed by atoms with E-state index in [0.717, 1.165) is 19.3 Å². The lowest BCUT2D eigenvalue weighted by molar-refractivity contribution is -0.148. The van der Waals surface area contributed by atoms with Crippen LogP contribution in [0.4, 0.5) is 0 Å². The fraction of sp³-hybridized carbons (Fsp3) is 0.438. The number of carbonyl (C=O) groups is 2. The molecule has 110 valence electrons. The lowest BCUT2D eigenvalue weighted by atomic mass is 9.73. The molecule has 0 saturated heterocycles. The Balaban J connectivity index is 2.26. The zero-order chi connectivity index (χ0) is 15.5. The van der Waals surface area contributed by atoms with Crippen LogP contribution in [-0.2, 0) is 4.79 Å². The third kappa shape index (κ3) is 2.89. The molecule has 2 unspecified atom stereocenters. The van der Waals surface area contributed by atoms with Crippen LogP contribution < -0.4 is 5.32 Å². The first kappa shape index (κ1) is 15.0. The SMILES string of the molecule is CC1CCCCC1(NC(=O)c1cccc(C#N)c1)C(=O)O. The Hall–Kier alpha value is -2.35. The Morgan fingerprint density at radius 1 is 1.43 bits per heavy atom. The minimum Gasteiger partial charge on any atom is -0.479 e. The quantitative estimate of drug-likeness (QED) is 0.892. The van der Waals surface area contributed by atoms with Gasteiger partial charge >= 0.3 is 5.97 Å². The van der Waals surface area contributed by atoms with Gasteiger partial charge in [-0.2, -0.15) is 5.26 Å². The van der Waals surface area contributed by atoms with Gasteiger partial charge in [0.1, 0.15) is 5.54 Å². The zero-order valence-corrected chi connectivity index (χ0v) is 11.9. The largest absolute Gasteiger partial charge is 0.479 e. The lowest BCUT2D eigenvalue weighted by Gasteiger charge is -2.39. The standard InChI is InChI=1S/C16H18N2O3/c1-11-5-2-3-8-16(11,15(20)21)18-14(19)13-7-4-6-12(9-13)10-17/h4,6-7,9,11H,2-3,5,8H2,1H3,(H,18,19)(H,20,21). The number of amides is 1. The number of hydrogen-bond donors (Lipinski definition) is 2. The van der Waals surface area contributed by atoms with Gasteiger partial charge in [0.25, 0.3) is 5.91 Å². The highest BCUT2D eigenvalue weighted by Crippen LogP contribution is 2.34. The maximum absolute atomic E-state index is 12.4. The van der Waals surface area contributed by atoms with Crippen molar-refractivity contribution in [3.8, 4) is 6.07 Å². The van der Waals surface area contributed by atoms with E-state index in [0.29, 0.717) is 17.5 Å². The average Bonchev–Trinajstić information content (AvgIpc) is 2.49. The van der Waals surface area contributed by atoms with E-state index in [1.54, 1.807) is 18.2 Å². The van der Waals surface area contributed by atoms with Gasteiger partial charge in [-0.05, 0) is 37.0 Å². The predicted octanol–water partition coefficient (Wildman–Crippen LogP) is 2.32. The van der Waals surface area contributed by atoms with E-state index in [1.165, 1.54) is 6.07 Å². The monoisotopic (exact) mass is 286 g/mol. The summed E-state index contributed by atoms with van der Waals surface area (Å²) in [6.07, 6.45) is 2.99. The van der Waals surface area contributed by atoms with Gasteiger partial charge < -0.3 is 10.4 Å². The summed E-state index contributed by atoms with van der Waals surface area (Å²) >= 11 is 0. The molecule has 5 nitrogen and oxygen atoms in total. The Labute approximate surface area is 123 Å². The number of carboxylic acids is 1. The van der Waals surface area contributed by atoms with Crippen LogP contribution in [0.3, 0.4) is 0 Å². The molecular weight excluding hydrogens is 268 g/mol. The van der Waals surface area contributed by atoms with Crippen LogP contribution in [0.5, 0.6) is 0 Å². The third-order valence-corrected chi connectivity index (χ3v) is 4.27. The van der Waals surface area contributed by atoms with Gasteiger partial charge in [-0.3, -0.25) is 4.79 Å². The van der Waals surface area contributed by atoms with Crippen molar-refractivity contribution in [2.45, 2.75) is 38.1 Å². The van der Waals surface area contributed by atoms with Gasteiger partial charge in [-0.15, -0.1) is 0 Å². The van der Waals surface area contributed by atoms with Crippen LogP contribution in [0, 0.1) is 17.2 Å². The number of rotatable bonds is 3. The molecule has 1 aliphatic carbocycles. The molecule has 0 bridgehead atoms. The van der Waals surface area contributed by atoms with Gasteiger partial charge in [-0.25, -0.2) is 4.79 Å². The topological polar surface area (TPSA) is 90.2 Å². The first-order chi connectivity index (χ1) is 9.99. The Bertz CT molecular complexity index is 606. The highest BCUT2D eigenvalue weighted by Gasteiger charge is 2.46. The van der Waals surface area contributed by atoms with E-state index >= 15 is 0 Å². The predicted molar refractivity (Wildman–Crippen MR) is 76.6 cm³/mol. The Kier molecular flexibility index (Phi) is 4.27. The fourth-order valence-corrected chi connectivity index (χ4v) is 2.91. The van der Waals surface area contributed by atoms with E-state index in [9.17, 15) is 14.7 Å². The summed E-state index contributed by atoms with van der Waals surface area (Å²) in [5, 5.41) is 21.2. The molecule has 0 aliphatic heterocycles. The van der Waals surface area contributed by atoms with Crippen molar-refractivity contribution in [1.29, 1.82) is 5.26 Å². The van der Waals surface area contributed by atoms with Crippen molar-refractivity contribution < 1.29 is 14.7 Å². The maximum atomic E-state index is 12.4. The van der Waals surface area contributed by atoms with Gasteiger partial charge in [0, 0.05) is 5.56 Å². The molecule has 0 spiro atoms. The smallest absolute Gasteiger partial charge is 0.329 e. The molecule has 5 heteroatoms. The number of hydrogen-bond acceptors (Lipinski definition) is 3. The second-order valence-corrected chi connectivity index (χ2v) is 5.57. The maximum Gasteiger partial charge on any atom is 0.329 e. The van der Waals surface area contributed by atoms with Crippen LogP contribution in [0.25, 0.3) is 0 Å². The molecule has 1 aromatic rings. The summed E-state index contributed by atoms with van der Waals surface area (Å²) in [4.78, 5) is 24.1. The number of aliphatic carboxylic acids is 1. The van der Waals surface area contributed by atoms with Crippen molar-refractivity contribution in [3.05, 3.63) is 35.4 Å². The van der Waals surface area contributed by atoms with E-state index in [1.807, 2.05) is 13.0 Å². The highest BCUT2D eigenvalue weighted by molar-refractivity contribution is 5.98. The number of nitriles is 1. The summed E-state index contributed by atoms with van der Waals surface area (Å²) in [5.41, 5.74) is -0.519. The second kappa shape index (κ2) is 5.96. The van der Waals surface area contributed by atoms with Gasteiger partial charge in [0.15, 0.2) is 0 Å². The summed E-state index contributed by atoms with van der Waals surface area (Å²) in [7, 11) is 0. The van der Waals surface area contributed by atoms with Crippen molar-refractivity contribution in [2.75, 3.05) is 0 Å². The molecule has 2 N–H and O–H groups in total. The van der Waals surface area contributed by atoms with Gasteiger partial charge in [-0.1, -0.05) is 25.8 Å². The Morgan fingerprint density at radius 2 is 2.19 bits per heavy atom. The van der Waals surface area contributed by atoms with E-state index in [2.05, 4.69) is 5.32 Å². The fourth-order valence-electron chi connectivity index (χ4n) is 2.91. The number of nitrogens with zero attached hydrogens (tertiary/aromatic N) is 1. The first-order valence-electron chi connectivity index (χ1n) is 7.05. The van der Waals surface area contributed by atoms with Crippen molar-refractivity contribution in [3.63, 3.8) is 0 Å². The molecule has 1 amide bonds. The van der Waals surface area contributed by atoms with E-state index in [4.69, 9.17) is 5.26 Å². The molecule has 1 fully saturated rings. The molecule has 0 heterocycles. The molecule has 0 aromatic heterocycles. The molecule has 1 aliphatic rings. The molecule has 0 radical (unpaired) electrons. The van der Waals surface area contributed by atoms with Crippen LogP contribution in [0.1, 0.15) is 48.5 Å². The summed E-state index contributed by atoms with van der Waals surface area (Å²) in [6.45, 7) is 1.86. The minimum absolute atomic E-state index is 0.119. The summed E-state index contributed by atoms with van der Waals surface area (Å²) in [5.74, 6) is -1.55. The van der Waals surface area contributed by atoms with Crippen LogP contribution >= 0.6 is 0 Å². The summed E-state index contributed by atoms with van der Waals surface area (Å²) in [6, 6.07) is 8.24. The van der Waals surface area contributed by atoms with Crippen molar-refractivity contribution in [2.24, 2.45) is 5.92 Å². The lowest BCUT2D eigenvalue weighted by Crippen LogP contribution is -2.60. The molecular formula is C16H18N2O3. The van der Waals surface area contributed by atoms with Crippen molar-refractivity contribution >= 4 is 11.9 Å². The van der Waals surface area contributed by atoms with Gasteiger partial charge in [0.05, 0.1) is 11.6 Å². The average molecular weight is 286 g/mol. The minimum atomic E-state index is -1.21. The number of benzene rings is 1. The first-order valence-corrected chi connectivity index (χ1v) is 7.05. The van der Waals surface area contributed by atoms with E-state index in [-0.39, 0.29) is 5.92 Å². The van der Waals surface area contributed by atoms with Crippen LogP contribution in [0.15, 0.2) is 24.3 Å². The number of carboxylic acid groups (broad SMARTS) is 1. The second-order valence-electron chi connectivity index (χ2n) is 5.57. The molecule has 1 aromatic carbocycles. The van der Waals surface area contributed by atoms with Crippen LogP contribution in [-0.4, -0.2) is 22.5 Å². The molecule has 1 saturated carbocycles. The van der Waals surface area contributed by atoms with Crippen molar-refractivity contribution in [1.82, 2.24) is 5.32 Å².